The molecule has 43 heteroatoms. The number of aromatic nitrogens is 5. The van der Waals surface area contributed by atoms with E-state index in [1.54, 1.807) is 88.8 Å². The Hall–Kier alpha value is -10.4. The summed E-state index contributed by atoms with van der Waals surface area (Å²) >= 11 is 47.9. The van der Waals surface area contributed by atoms with Crippen LogP contribution in [0.3, 0.4) is 0 Å². The lowest BCUT2D eigenvalue weighted by molar-refractivity contribution is -0.137. The zero-order valence-electron chi connectivity index (χ0n) is 59.2. The average Bonchev–Trinajstić information content (AvgIpc) is 0.831. The van der Waals surface area contributed by atoms with Crippen molar-refractivity contribution < 1.29 is 75.8 Å². The number of nitrogens with zero attached hydrogens (tertiary/aromatic N) is 12. The van der Waals surface area contributed by atoms with E-state index in [-0.39, 0.29) is 89.0 Å². The van der Waals surface area contributed by atoms with Gasteiger partial charge in [-0.25, -0.2) is 55.8 Å². The van der Waals surface area contributed by atoms with Gasteiger partial charge >= 0.3 is 18.0 Å². The van der Waals surface area contributed by atoms with Crippen LogP contribution < -0.4 is 36.9 Å². The zero-order valence-corrected chi connectivity index (χ0v) is 70.1. The van der Waals surface area contributed by atoms with E-state index >= 15 is 0 Å². The molecule has 12 rings (SSSR count). The lowest BCUT2D eigenvalue weighted by Gasteiger charge is -2.27. The van der Waals surface area contributed by atoms with Gasteiger partial charge in [-0.15, -0.1) is 0 Å². The van der Waals surface area contributed by atoms with Crippen molar-refractivity contribution in [3.8, 4) is 23.0 Å². The second kappa shape index (κ2) is 45.3. The SMILES string of the molecule is O=C(NN=Cc1cc(Br)cc(Cl)c1O)c1cc(Cl)cc(Cl)c1.O=C(NN=Cc1cc(Br)cc(Cl)c1O)c1cccc(C(F)(F)F)c1.O=C(NN=Cc1cc(Br)cc(Cl)c1O)c1ccccc1.O=C(NN=Cc1cc(Br)cc(Cl)c1O)c1ncc(F)c(N2CCOCC2)n1.O=C(NN=Cc1ccccn1)c1ncc(F)c(N2CCOCC2)n1. The van der Waals surface area contributed by atoms with E-state index in [0.29, 0.717) is 108 Å². The van der Waals surface area contributed by atoms with Gasteiger partial charge < -0.3 is 39.7 Å². The third kappa shape index (κ3) is 29.0. The highest BCUT2D eigenvalue weighted by Gasteiger charge is 2.31. The first-order valence-corrected chi connectivity index (χ1v) is 38.4. The number of benzene rings is 7. The van der Waals surface area contributed by atoms with Crippen LogP contribution in [-0.2, 0) is 15.7 Å². The number of amides is 5. The van der Waals surface area contributed by atoms with Crippen LogP contribution in [0.25, 0.3) is 0 Å². The van der Waals surface area contributed by atoms with Gasteiger partial charge in [0.2, 0.25) is 11.6 Å². The Morgan fingerprint density at radius 3 is 1.15 bits per heavy atom. The quantitative estimate of drug-likeness (QED) is 0.0232. The number of ether oxygens (including phenoxy) is 2. The Bertz CT molecular complexity index is 5370. The van der Waals surface area contributed by atoms with Gasteiger partial charge in [0.05, 0.1) is 101 Å². The number of alkyl halides is 3. The molecule has 7 aromatic carbocycles. The Morgan fingerprint density at radius 1 is 0.419 bits per heavy atom. The first-order valence-electron chi connectivity index (χ1n) is 33.0. The van der Waals surface area contributed by atoms with Gasteiger partial charge in [0.15, 0.2) is 23.3 Å². The molecule has 0 aliphatic carbocycles. The number of morpholine rings is 2. The number of hydrazone groups is 5. The third-order valence-corrected chi connectivity index (χ3v) is 18.3. The number of phenolic OH excluding ortho intramolecular Hbond substituents is 4. The second-order valence-electron chi connectivity index (χ2n) is 23.1. The maximum atomic E-state index is 14.0. The molecule has 2 fully saturated rings. The maximum absolute atomic E-state index is 14.0. The van der Waals surface area contributed by atoms with Gasteiger partial charge in [0.1, 0.15) is 23.0 Å². The molecule has 0 radical (unpaired) electrons. The number of anilines is 2. The molecule has 9 N–H and O–H groups in total. The van der Waals surface area contributed by atoms with Crippen LogP contribution >= 0.6 is 133 Å². The summed E-state index contributed by atoms with van der Waals surface area (Å²) in [7, 11) is 0. The molecule has 0 atom stereocenters. The van der Waals surface area contributed by atoms with Crippen LogP contribution in [0.5, 0.6) is 23.0 Å². The Balaban J connectivity index is 0.000000183. The molecule has 2 aliphatic rings. The number of nitrogens with one attached hydrogen (secondary N) is 5. The van der Waals surface area contributed by atoms with Crippen LogP contribution in [0.1, 0.15) is 85.8 Å². The molecule has 10 aromatic rings. The molecular weight excluding hydrogens is 1930 g/mol. The van der Waals surface area contributed by atoms with E-state index in [1.165, 1.54) is 67.3 Å². The molecule has 0 unspecified atom stereocenters. The molecular formula is C74H56Br4Cl6F5N17O11. The Kier molecular flexibility index (Phi) is 35.7. The van der Waals surface area contributed by atoms with Gasteiger partial charge in [-0.2, -0.15) is 38.7 Å². The summed E-state index contributed by atoms with van der Waals surface area (Å²) in [5.41, 5.74) is 12.8. The summed E-state index contributed by atoms with van der Waals surface area (Å²) in [6.07, 6.45) is 5.33. The van der Waals surface area contributed by atoms with Crippen molar-refractivity contribution in [2.75, 3.05) is 62.4 Å². The summed E-state index contributed by atoms with van der Waals surface area (Å²) in [5, 5.41) is 59.2. The molecule has 2 aliphatic heterocycles. The molecule has 0 spiro atoms. The number of phenols is 4. The molecule has 5 heterocycles. The fourth-order valence-electron chi connectivity index (χ4n) is 9.32. The molecule has 28 nitrogen and oxygen atoms in total. The molecule has 0 saturated carbocycles. The fraction of sp³-hybridized carbons (Fsp3) is 0.122. The number of hydrogen-bond acceptors (Lipinski definition) is 23. The zero-order chi connectivity index (χ0) is 84.9. The maximum Gasteiger partial charge on any atom is 0.416 e. The van der Waals surface area contributed by atoms with Crippen LogP contribution in [-0.4, -0.2) is 159 Å². The standard InChI is InChI=1S/C16H14BrClFN5O3.C15H9BrClF3N2O2.C15H15FN6O2.C14H8BrCl3N2O2.C14H10BrClN2O2/c17-10-5-9(13(25)11(18)6-10)7-21-23-16(26)14-20-8-12(19)15(22-14)24-1-3-27-4-2-24;16-11-5-9(13(23)12(17)6-11)7-21-22-14(24)8-2-1-3-10(4-8)15(18,19)20;16-12-10-18-13(20-14(12)22-5-7-24-8-6-22)15(23)21-19-9-11-3-1-2-4-17-11;15-9-1-8(13(21)12(18)4-9)6-19-20-14(22)7-2-10(16)5-11(17)3-7;15-11-6-10(13(19)12(16)7-11)8-17-18-14(20)9-4-2-1-3-5-9/h5-8,25H,1-4H2,(H,23,26);1-7,23H,(H,22,24);1-4,9-10H,5-8H2,(H,21,23);1-6,21H,(H,20,22);1-8,19H,(H,18,20). The molecule has 3 aromatic heterocycles. The van der Waals surface area contributed by atoms with E-state index in [9.17, 15) is 66.4 Å². The number of pyridine rings is 1. The number of hydrogen-bond donors (Lipinski definition) is 9. The topological polar surface area (TPSA) is 378 Å². The van der Waals surface area contributed by atoms with E-state index in [4.69, 9.17) is 79.1 Å². The molecule has 5 amide bonds. The van der Waals surface area contributed by atoms with Gasteiger partial charge in [-0.05, 0) is 109 Å². The number of halogens is 15. The molecule has 2 saturated heterocycles. The second-order valence-corrected chi connectivity index (χ2v) is 29.2. The Labute approximate surface area is 724 Å². The molecule has 117 heavy (non-hydrogen) atoms. The predicted molar refractivity (Wildman–Crippen MR) is 447 cm³/mol. The van der Waals surface area contributed by atoms with E-state index in [1.807, 2.05) is 6.07 Å². The van der Waals surface area contributed by atoms with Gasteiger partial charge in [0, 0.05) is 99.3 Å². The van der Waals surface area contributed by atoms with Crippen molar-refractivity contribution in [1.82, 2.24) is 52.0 Å². The molecule has 608 valence electrons. The highest BCUT2D eigenvalue weighted by Crippen LogP contribution is 2.35. The van der Waals surface area contributed by atoms with Crippen molar-refractivity contribution in [2.24, 2.45) is 25.5 Å². The van der Waals surface area contributed by atoms with E-state index in [2.05, 4.69) is 141 Å². The van der Waals surface area contributed by atoms with Gasteiger partial charge in [-0.1, -0.05) is 164 Å². The third-order valence-electron chi connectivity index (χ3n) is 14.9. The van der Waals surface area contributed by atoms with Gasteiger partial charge in [-0.3, -0.25) is 29.0 Å². The van der Waals surface area contributed by atoms with Crippen molar-refractivity contribution >= 4 is 206 Å². The number of aromatic hydroxyl groups is 4. The minimum Gasteiger partial charge on any atom is -0.506 e. The van der Waals surface area contributed by atoms with Crippen molar-refractivity contribution in [1.29, 1.82) is 0 Å². The van der Waals surface area contributed by atoms with Crippen LogP contribution in [0.4, 0.5) is 33.6 Å². The lowest BCUT2D eigenvalue weighted by Crippen LogP contribution is -2.38. The number of carbonyl (C=O) groups excluding carboxylic acids is 5. The number of carbonyl (C=O) groups is 5. The van der Waals surface area contributed by atoms with E-state index in [0.717, 1.165) is 36.8 Å². The van der Waals surface area contributed by atoms with Crippen molar-refractivity contribution in [2.45, 2.75) is 6.18 Å². The first kappa shape index (κ1) is 92.1. The van der Waals surface area contributed by atoms with Crippen LogP contribution in [0.15, 0.2) is 202 Å². The Morgan fingerprint density at radius 2 is 0.769 bits per heavy atom. The monoisotopic (exact) mass is 1980 g/mol. The lowest BCUT2D eigenvalue weighted by atomic mass is 10.1. The summed E-state index contributed by atoms with van der Waals surface area (Å²) < 4.78 is 78.8. The molecule has 0 bridgehead atoms. The van der Waals surface area contributed by atoms with Crippen LogP contribution in [0, 0.1) is 11.6 Å². The number of rotatable bonds is 17. The van der Waals surface area contributed by atoms with Crippen molar-refractivity contribution in [3.63, 3.8) is 0 Å². The minimum atomic E-state index is -4.54. The highest BCUT2D eigenvalue weighted by molar-refractivity contribution is 9.11. The normalized spacial score (nSPS) is 12.7. The van der Waals surface area contributed by atoms with Crippen molar-refractivity contribution in [3.05, 3.63) is 280 Å². The van der Waals surface area contributed by atoms with Crippen LogP contribution in [0.2, 0.25) is 30.1 Å². The smallest absolute Gasteiger partial charge is 0.416 e. The van der Waals surface area contributed by atoms with Gasteiger partial charge in [0.25, 0.3) is 17.7 Å². The predicted octanol–water partition coefficient (Wildman–Crippen LogP) is 16.0. The summed E-state index contributed by atoms with van der Waals surface area (Å²) in [6.45, 7) is 3.83. The summed E-state index contributed by atoms with van der Waals surface area (Å²) in [4.78, 5) is 82.6. The highest BCUT2D eigenvalue weighted by atomic mass is 79.9. The largest absolute Gasteiger partial charge is 0.506 e. The summed E-state index contributed by atoms with van der Waals surface area (Å²) in [5.74, 6) is -5.08. The fourth-order valence-corrected chi connectivity index (χ4v) is 13.2. The average molecular weight is 1990 g/mol. The minimum absolute atomic E-state index is 0.0406. The first-order chi connectivity index (χ1) is 55.8. The van der Waals surface area contributed by atoms with E-state index < -0.39 is 47.0 Å². The summed E-state index contributed by atoms with van der Waals surface area (Å²) in [6, 6.07) is 34.8.